The number of phosphoric acid groups is 1. The first kappa shape index (κ1) is 23.9. The average molecular weight is 484 g/mol. The lowest BCUT2D eigenvalue weighted by molar-refractivity contribution is -0.160. The van der Waals surface area contributed by atoms with Crippen molar-refractivity contribution < 1.29 is 37.1 Å². The van der Waals surface area contributed by atoms with Gasteiger partial charge in [-0.05, 0) is 20.8 Å². The van der Waals surface area contributed by atoms with Gasteiger partial charge in [-0.3, -0.25) is 27.9 Å². The summed E-state index contributed by atoms with van der Waals surface area (Å²) in [6.07, 6.45) is 3.47. The zero-order valence-electron chi connectivity index (χ0n) is 18.5. The number of esters is 1. The molecule has 2 saturated heterocycles. The Morgan fingerprint density at radius 1 is 1.39 bits per heavy atom. The van der Waals surface area contributed by atoms with Crippen molar-refractivity contribution in [1.29, 1.82) is 0 Å². The fraction of sp³-hybridized carbons (Fsp3) is 0.650. The number of carbonyl (C=O) groups excluding carboxylic acids is 1. The minimum atomic E-state index is -4.04. The Hall–Kier alpha value is -2.26. The van der Waals surface area contributed by atoms with Crippen LogP contribution in [0.3, 0.4) is 0 Å². The molecule has 1 spiro atoms. The number of fused-ring (bicyclic) bond motifs is 1. The number of hydrogen-bond acceptors (Lipinski definition) is 10. The molecule has 13 heteroatoms. The maximum atomic E-state index is 13.1. The summed E-state index contributed by atoms with van der Waals surface area (Å²) in [4.78, 5) is 37.9. The molecule has 0 aromatic carbocycles. The second-order valence-corrected chi connectivity index (χ2v) is 10.0. The van der Waals surface area contributed by atoms with Crippen LogP contribution < -0.4 is 11.2 Å². The molecule has 0 radical (unpaired) electrons. The average Bonchev–Trinajstić information content (AvgIpc) is 3.05. The SMILES string of the molecule is C#C[C@@]1(C)[C@H](n2ccc(=O)[nH]c2=O)O[C@@H]2C3O[P@@](=O)(OCC[C@@H](OC)C(=O)OC(C)C)O[C@]321. The minimum Gasteiger partial charge on any atom is -0.461 e. The molecule has 3 fully saturated rings. The molecular weight excluding hydrogens is 459 g/mol. The normalized spacial score (nSPS) is 37.3. The van der Waals surface area contributed by atoms with E-state index in [2.05, 4.69) is 10.9 Å². The van der Waals surface area contributed by atoms with Crippen LogP contribution in [0.2, 0.25) is 0 Å². The van der Waals surface area contributed by atoms with E-state index < -0.39 is 60.6 Å². The van der Waals surface area contributed by atoms with Gasteiger partial charge in [-0.25, -0.2) is 14.2 Å². The number of rotatable bonds is 8. The van der Waals surface area contributed by atoms with Crippen LogP contribution >= 0.6 is 7.82 Å². The molecule has 1 aromatic rings. The molecule has 0 bridgehead atoms. The first-order valence-electron chi connectivity index (χ1n) is 10.3. The number of hydrogen-bond donors (Lipinski definition) is 1. The highest BCUT2D eigenvalue weighted by molar-refractivity contribution is 7.48. The molecule has 180 valence electrons. The number of ether oxygens (including phenoxy) is 3. The monoisotopic (exact) mass is 484 g/mol. The first-order valence-corrected chi connectivity index (χ1v) is 11.8. The summed E-state index contributed by atoms with van der Waals surface area (Å²) in [6.45, 7) is 4.87. The topological polar surface area (TPSA) is 144 Å². The van der Waals surface area contributed by atoms with E-state index in [0.29, 0.717) is 0 Å². The van der Waals surface area contributed by atoms with Crippen LogP contribution in [0.15, 0.2) is 21.9 Å². The van der Waals surface area contributed by atoms with E-state index in [4.69, 9.17) is 34.2 Å². The lowest BCUT2D eigenvalue weighted by Crippen LogP contribution is -2.44. The van der Waals surface area contributed by atoms with Crippen LogP contribution in [-0.2, 0) is 37.1 Å². The van der Waals surface area contributed by atoms with Crippen molar-refractivity contribution in [3.8, 4) is 12.3 Å². The van der Waals surface area contributed by atoms with Crippen LogP contribution in [0, 0.1) is 17.8 Å². The van der Waals surface area contributed by atoms with E-state index in [9.17, 15) is 18.9 Å². The highest BCUT2D eigenvalue weighted by atomic mass is 31.2. The number of carbonyl (C=O) groups is 1. The predicted molar refractivity (Wildman–Crippen MR) is 111 cm³/mol. The Bertz CT molecular complexity index is 1150. The highest BCUT2D eigenvalue weighted by Gasteiger charge is 2.90. The van der Waals surface area contributed by atoms with Crippen LogP contribution in [0.1, 0.15) is 33.4 Å². The molecule has 3 aliphatic rings. The molecule has 0 amide bonds. The van der Waals surface area contributed by atoms with Gasteiger partial charge in [-0.15, -0.1) is 6.42 Å². The summed E-state index contributed by atoms with van der Waals surface area (Å²) >= 11 is 0. The predicted octanol–water partition coefficient (Wildman–Crippen LogP) is 0.723. The summed E-state index contributed by atoms with van der Waals surface area (Å²) < 4.78 is 47.1. The molecule has 1 N–H and O–H groups in total. The fourth-order valence-corrected chi connectivity index (χ4v) is 6.12. The summed E-state index contributed by atoms with van der Waals surface area (Å²) in [5.41, 5.74) is -3.84. The van der Waals surface area contributed by atoms with Crippen molar-refractivity contribution in [2.24, 2.45) is 5.41 Å². The molecule has 2 aliphatic heterocycles. The van der Waals surface area contributed by atoms with Gasteiger partial charge in [-0.2, -0.15) is 0 Å². The number of methoxy groups -OCH3 is 1. The number of aromatic nitrogens is 2. The van der Waals surface area contributed by atoms with E-state index in [0.717, 1.165) is 10.6 Å². The minimum absolute atomic E-state index is 0.0537. The summed E-state index contributed by atoms with van der Waals surface area (Å²) in [5, 5.41) is 0. The maximum absolute atomic E-state index is 13.1. The van der Waals surface area contributed by atoms with Crippen molar-refractivity contribution in [2.75, 3.05) is 13.7 Å². The van der Waals surface area contributed by atoms with Gasteiger partial charge in [0, 0.05) is 25.8 Å². The molecule has 3 heterocycles. The van der Waals surface area contributed by atoms with Crippen molar-refractivity contribution in [1.82, 2.24) is 9.55 Å². The van der Waals surface area contributed by atoms with Crippen molar-refractivity contribution in [3.63, 3.8) is 0 Å². The molecular formula is C20H25N2O10P. The van der Waals surface area contributed by atoms with Crippen molar-refractivity contribution >= 4 is 13.8 Å². The smallest absolute Gasteiger partial charge is 0.461 e. The molecule has 12 nitrogen and oxygen atoms in total. The van der Waals surface area contributed by atoms with Gasteiger partial charge in [-0.1, -0.05) is 5.92 Å². The van der Waals surface area contributed by atoms with Crippen molar-refractivity contribution in [2.45, 2.75) is 63.4 Å². The van der Waals surface area contributed by atoms with Gasteiger partial charge in [0.05, 0.1) is 12.7 Å². The quantitative estimate of drug-likeness (QED) is 0.318. The van der Waals surface area contributed by atoms with E-state index in [-0.39, 0.29) is 19.1 Å². The van der Waals surface area contributed by atoms with Gasteiger partial charge in [0.1, 0.15) is 17.6 Å². The molecule has 7 atom stereocenters. The fourth-order valence-electron chi connectivity index (χ4n) is 4.32. The number of terminal acetylenes is 1. The third-order valence-electron chi connectivity index (χ3n) is 6.03. The lowest BCUT2D eigenvalue weighted by atomic mass is 9.81. The van der Waals surface area contributed by atoms with E-state index in [1.807, 2.05) is 0 Å². The number of aromatic amines is 1. The van der Waals surface area contributed by atoms with E-state index >= 15 is 0 Å². The van der Waals surface area contributed by atoms with Crippen LogP contribution in [0.5, 0.6) is 0 Å². The zero-order chi connectivity index (χ0) is 24.2. The Labute approximate surface area is 189 Å². The Morgan fingerprint density at radius 2 is 2.12 bits per heavy atom. The maximum Gasteiger partial charge on any atom is 0.476 e. The van der Waals surface area contributed by atoms with Gasteiger partial charge < -0.3 is 14.2 Å². The largest absolute Gasteiger partial charge is 0.476 e. The number of H-pyrrole nitrogens is 1. The van der Waals surface area contributed by atoms with Gasteiger partial charge in [0.15, 0.2) is 17.9 Å². The molecule has 4 rings (SSSR count). The van der Waals surface area contributed by atoms with Crippen LogP contribution in [-0.4, -0.2) is 59.3 Å². The van der Waals surface area contributed by atoms with Crippen LogP contribution in [0.25, 0.3) is 0 Å². The molecule has 1 aromatic heterocycles. The van der Waals surface area contributed by atoms with E-state index in [1.165, 1.54) is 13.3 Å². The van der Waals surface area contributed by atoms with Gasteiger partial charge in [0.25, 0.3) is 5.56 Å². The zero-order valence-corrected chi connectivity index (χ0v) is 19.4. The lowest BCUT2D eigenvalue weighted by Gasteiger charge is -2.32. The molecule has 1 unspecified atom stereocenters. The number of nitrogens with zero attached hydrogens (tertiary/aromatic N) is 1. The number of nitrogens with one attached hydrogen (secondary N) is 1. The molecule has 33 heavy (non-hydrogen) atoms. The van der Waals surface area contributed by atoms with Gasteiger partial charge >= 0.3 is 19.5 Å². The number of phosphoric ester groups is 1. The summed E-state index contributed by atoms with van der Waals surface area (Å²) in [7, 11) is -2.69. The third-order valence-corrected chi connectivity index (χ3v) is 7.54. The molecule has 1 saturated carbocycles. The molecule has 1 aliphatic carbocycles. The summed E-state index contributed by atoms with van der Waals surface area (Å²) in [5.74, 6) is 2.03. The van der Waals surface area contributed by atoms with Gasteiger partial charge in [0.2, 0.25) is 0 Å². The first-order chi connectivity index (χ1) is 15.5. The second kappa shape index (κ2) is 8.20. The van der Waals surface area contributed by atoms with Crippen LogP contribution in [0.4, 0.5) is 0 Å². The Kier molecular flexibility index (Phi) is 5.93. The third kappa shape index (κ3) is 3.69. The Balaban J connectivity index is 1.46. The van der Waals surface area contributed by atoms with E-state index in [1.54, 1.807) is 20.8 Å². The highest BCUT2D eigenvalue weighted by Crippen LogP contribution is 2.79. The standard InChI is InChI=1S/C20H25N2O10P/c1-6-19(4)17(22-9-7-13(23)21-18(22)25)30-14-15-20(14,19)32-33(26,31-15)28-10-8-12(27-5)16(24)29-11(2)3/h1,7,9,11-12,14-15,17H,8,10H2,2-5H3,(H,21,23,25)/t12-,14-,15?,17-,19+,20+,33-/m1/s1. The second-order valence-electron chi connectivity index (χ2n) is 8.46. The Morgan fingerprint density at radius 3 is 2.73 bits per heavy atom. The summed E-state index contributed by atoms with van der Waals surface area (Å²) in [6, 6.07) is 1.16. The van der Waals surface area contributed by atoms with Crippen molar-refractivity contribution in [3.05, 3.63) is 33.1 Å².